The first-order valence-electron chi connectivity index (χ1n) is 7.32. The number of guanidine groups is 1. The van der Waals surface area contributed by atoms with Gasteiger partial charge in [0.2, 0.25) is 0 Å². The van der Waals surface area contributed by atoms with Crippen molar-refractivity contribution in [2.75, 3.05) is 26.3 Å². The summed E-state index contributed by atoms with van der Waals surface area (Å²) in [4.78, 5) is 4.25. The molecule has 0 spiro atoms. The summed E-state index contributed by atoms with van der Waals surface area (Å²) >= 11 is 6.20. The van der Waals surface area contributed by atoms with Gasteiger partial charge < -0.3 is 20.5 Å². The highest BCUT2D eigenvalue weighted by Gasteiger charge is 2.16. The summed E-state index contributed by atoms with van der Waals surface area (Å²) in [6.45, 7) is 4.70. The molecule has 3 N–H and O–H groups in total. The van der Waals surface area contributed by atoms with E-state index in [1.54, 1.807) is 0 Å². The Morgan fingerprint density at radius 1 is 1.38 bits per heavy atom. The van der Waals surface area contributed by atoms with Crippen LogP contribution in [0.5, 0.6) is 11.5 Å². The van der Waals surface area contributed by atoms with Gasteiger partial charge in [-0.25, -0.2) is 0 Å². The lowest BCUT2D eigenvalue weighted by Crippen LogP contribution is -2.33. The molecule has 116 valence electrons. The van der Waals surface area contributed by atoms with E-state index in [0.717, 1.165) is 31.4 Å². The Balaban J connectivity index is 1.86. The van der Waals surface area contributed by atoms with E-state index in [1.165, 1.54) is 0 Å². The van der Waals surface area contributed by atoms with Crippen LogP contribution in [0.2, 0.25) is 5.02 Å². The molecule has 0 fully saturated rings. The molecule has 1 heterocycles. The number of aliphatic imine (C=N–C) groups is 1. The van der Waals surface area contributed by atoms with Gasteiger partial charge in [-0.15, -0.1) is 0 Å². The Hall–Kier alpha value is -1.62. The van der Waals surface area contributed by atoms with E-state index in [1.807, 2.05) is 12.1 Å². The van der Waals surface area contributed by atoms with Crippen LogP contribution in [0.3, 0.4) is 0 Å². The van der Waals surface area contributed by atoms with E-state index >= 15 is 0 Å². The van der Waals surface area contributed by atoms with Crippen molar-refractivity contribution in [3.8, 4) is 11.5 Å². The van der Waals surface area contributed by atoms with Crippen molar-refractivity contribution in [1.29, 1.82) is 0 Å². The molecule has 21 heavy (non-hydrogen) atoms. The average molecular weight is 312 g/mol. The van der Waals surface area contributed by atoms with E-state index in [4.69, 9.17) is 26.8 Å². The Morgan fingerprint density at radius 2 is 2.19 bits per heavy atom. The largest absolute Gasteiger partial charge is 0.486 e. The number of nitrogens with two attached hydrogens (primary N) is 1. The normalized spacial score (nSPS) is 14.1. The number of unbranched alkanes of at least 4 members (excludes halogenated alkanes) is 1. The van der Waals surface area contributed by atoms with Crippen LogP contribution in [0, 0.1) is 0 Å². The molecule has 1 aliphatic heterocycles. The van der Waals surface area contributed by atoms with Crippen molar-refractivity contribution in [2.24, 2.45) is 10.7 Å². The highest BCUT2D eigenvalue weighted by Crippen LogP contribution is 2.38. The number of halogens is 1. The highest BCUT2D eigenvalue weighted by molar-refractivity contribution is 6.32. The van der Waals surface area contributed by atoms with Gasteiger partial charge in [0.15, 0.2) is 17.5 Å². The molecule has 0 aliphatic carbocycles. The lowest BCUT2D eigenvalue weighted by atomic mass is 10.1. The van der Waals surface area contributed by atoms with E-state index in [0.29, 0.717) is 42.2 Å². The van der Waals surface area contributed by atoms with E-state index < -0.39 is 0 Å². The molecule has 2 rings (SSSR count). The molecule has 0 saturated carbocycles. The molecule has 1 aromatic carbocycles. The highest BCUT2D eigenvalue weighted by atomic mass is 35.5. The van der Waals surface area contributed by atoms with Crippen molar-refractivity contribution >= 4 is 17.6 Å². The summed E-state index contributed by atoms with van der Waals surface area (Å²) in [7, 11) is 0. The number of hydrogen-bond acceptors (Lipinski definition) is 3. The van der Waals surface area contributed by atoms with Crippen molar-refractivity contribution < 1.29 is 9.47 Å². The fraction of sp³-hybridized carbons (Fsp3) is 0.533. The minimum Gasteiger partial charge on any atom is -0.486 e. The Morgan fingerprint density at radius 3 is 3.00 bits per heavy atom. The van der Waals surface area contributed by atoms with Crippen LogP contribution >= 0.6 is 11.6 Å². The summed E-state index contributed by atoms with van der Waals surface area (Å²) in [5.74, 6) is 1.85. The molecule has 0 unspecified atom stereocenters. The number of ether oxygens (including phenoxy) is 2. The smallest absolute Gasteiger partial charge is 0.188 e. The zero-order chi connectivity index (χ0) is 15.1. The fourth-order valence-electron chi connectivity index (χ4n) is 2.06. The maximum atomic E-state index is 6.20. The molecule has 0 amide bonds. The van der Waals surface area contributed by atoms with Crippen LogP contribution in [-0.4, -0.2) is 32.3 Å². The van der Waals surface area contributed by atoms with Gasteiger partial charge in [0, 0.05) is 13.1 Å². The molecule has 6 heteroatoms. The minimum atomic E-state index is 0.493. The topological polar surface area (TPSA) is 68.9 Å². The van der Waals surface area contributed by atoms with Gasteiger partial charge in [0.05, 0.1) is 5.02 Å². The summed E-state index contributed by atoms with van der Waals surface area (Å²) in [6.07, 6.45) is 2.97. The summed E-state index contributed by atoms with van der Waals surface area (Å²) in [5, 5.41) is 3.69. The first kappa shape index (κ1) is 15.8. The van der Waals surface area contributed by atoms with Crippen molar-refractivity contribution in [2.45, 2.75) is 26.2 Å². The molecule has 0 saturated heterocycles. The average Bonchev–Trinajstić information content (AvgIpc) is 2.48. The third kappa shape index (κ3) is 4.70. The van der Waals surface area contributed by atoms with Crippen LogP contribution in [0.4, 0.5) is 0 Å². The molecular weight excluding hydrogens is 290 g/mol. The third-order valence-corrected chi connectivity index (χ3v) is 3.45. The third-order valence-electron chi connectivity index (χ3n) is 3.17. The number of rotatable bonds is 6. The van der Waals surface area contributed by atoms with Crippen molar-refractivity contribution in [3.63, 3.8) is 0 Å². The van der Waals surface area contributed by atoms with Crippen molar-refractivity contribution in [1.82, 2.24) is 5.32 Å². The number of nitrogens with one attached hydrogen (secondary N) is 1. The first-order chi connectivity index (χ1) is 10.2. The Kier molecular flexibility index (Phi) is 5.99. The van der Waals surface area contributed by atoms with Gasteiger partial charge in [-0.1, -0.05) is 24.9 Å². The molecule has 1 aromatic rings. The summed E-state index contributed by atoms with van der Waals surface area (Å²) < 4.78 is 11.1. The van der Waals surface area contributed by atoms with Gasteiger partial charge >= 0.3 is 0 Å². The van der Waals surface area contributed by atoms with Gasteiger partial charge in [0.25, 0.3) is 0 Å². The van der Waals surface area contributed by atoms with Crippen LogP contribution in [-0.2, 0) is 6.42 Å². The quantitative estimate of drug-likeness (QED) is 0.481. The van der Waals surface area contributed by atoms with Gasteiger partial charge in [-0.05, 0) is 30.5 Å². The van der Waals surface area contributed by atoms with Crippen LogP contribution in [0.15, 0.2) is 17.1 Å². The number of nitrogens with zero attached hydrogens (tertiary/aromatic N) is 1. The number of fused-ring (bicyclic) bond motifs is 1. The van der Waals surface area contributed by atoms with Gasteiger partial charge in [-0.3, -0.25) is 4.99 Å². The molecule has 0 bridgehead atoms. The molecule has 1 aliphatic rings. The standard InChI is InChI=1S/C15H22ClN3O2/c1-2-3-5-18-15(17)19-6-4-11-9-12(16)14-13(10-11)20-7-8-21-14/h9-10H,2-8H2,1H3,(H3,17,18,19). The summed E-state index contributed by atoms with van der Waals surface area (Å²) in [5.41, 5.74) is 6.87. The second kappa shape index (κ2) is 7.98. The Bertz CT molecular complexity index is 506. The lowest BCUT2D eigenvalue weighted by Gasteiger charge is -2.20. The van der Waals surface area contributed by atoms with Gasteiger partial charge in [0.1, 0.15) is 13.2 Å². The number of hydrogen-bond donors (Lipinski definition) is 2. The van der Waals surface area contributed by atoms with Gasteiger partial charge in [-0.2, -0.15) is 0 Å². The maximum Gasteiger partial charge on any atom is 0.188 e. The predicted molar refractivity (Wildman–Crippen MR) is 85.5 cm³/mol. The zero-order valence-corrected chi connectivity index (χ0v) is 13.1. The monoisotopic (exact) mass is 311 g/mol. The zero-order valence-electron chi connectivity index (χ0n) is 12.3. The Labute approximate surface area is 130 Å². The van der Waals surface area contributed by atoms with E-state index in [-0.39, 0.29) is 0 Å². The second-order valence-electron chi connectivity index (χ2n) is 4.90. The molecule has 0 radical (unpaired) electrons. The van der Waals surface area contributed by atoms with Crippen LogP contribution < -0.4 is 20.5 Å². The molecule has 0 aromatic heterocycles. The molecule has 0 atom stereocenters. The molecule has 5 nitrogen and oxygen atoms in total. The SMILES string of the molecule is CCCCN=C(N)NCCc1cc(Cl)c2c(c1)OCCO2. The second-order valence-corrected chi connectivity index (χ2v) is 5.31. The summed E-state index contributed by atoms with van der Waals surface area (Å²) in [6, 6.07) is 3.87. The first-order valence-corrected chi connectivity index (χ1v) is 7.70. The van der Waals surface area contributed by atoms with Crippen LogP contribution in [0.1, 0.15) is 25.3 Å². The van der Waals surface area contributed by atoms with E-state index in [2.05, 4.69) is 17.2 Å². The predicted octanol–water partition coefficient (Wildman–Crippen LogP) is 2.36. The van der Waals surface area contributed by atoms with Crippen LogP contribution in [0.25, 0.3) is 0 Å². The van der Waals surface area contributed by atoms with E-state index in [9.17, 15) is 0 Å². The van der Waals surface area contributed by atoms with Crippen molar-refractivity contribution in [3.05, 3.63) is 22.7 Å². The molecular formula is C15H22ClN3O2. The minimum absolute atomic E-state index is 0.493. The fourth-order valence-corrected chi connectivity index (χ4v) is 2.34. The maximum absolute atomic E-state index is 6.20. The number of benzene rings is 1. The lowest BCUT2D eigenvalue weighted by molar-refractivity contribution is 0.171.